The topological polar surface area (TPSA) is 72.5 Å². The van der Waals surface area contributed by atoms with Gasteiger partial charge in [-0.15, -0.1) is 0 Å². The number of nitriles is 1. The zero-order valence-electron chi connectivity index (χ0n) is 12.7. The Hall–Kier alpha value is -2.58. The molecule has 0 N–H and O–H groups in total. The van der Waals surface area contributed by atoms with Crippen molar-refractivity contribution in [1.29, 1.82) is 5.26 Å². The normalized spacial score (nSPS) is 16.5. The van der Waals surface area contributed by atoms with Gasteiger partial charge in [0.25, 0.3) is 0 Å². The SMILES string of the molecule is N#CC1(COC(=O)c2occc2-c2ccccc2)CCOCC1. The van der Waals surface area contributed by atoms with E-state index in [4.69, 9.17) is 13.9 Å². The minimum Gasteiger partial charge on any atom is -0.458 e. The van der Waals surface area contributed by atoms with Crippen molar-refractivity contribution in [1.82, 2.24) is 0 Å². The van der Waals surface area contributed by atoms with E-state index in [1.54, 1.807) is 6.07 Å². The number of nitrogens with zero attached hydrogens (tertiary/aromatic N) is 1. The number of rotatable bonds is 4. The molecule has 0 amide bonds. The van der Waals surface area contributed by atoms with E-state index < -0.39 is 11.4 Å². The van der Waals surface area contributed by atoms with E-state index in [-0.39, 0.29) is 12.4 Å². The first kappa shape index (κ1) is 15.3. The molecular weight excluding hydrogens is 294 g/mol. The molecule has 0 spiro atoms. The van der Waals surface area contributed by atoms with Crippen molar-refractivity contribution >= 4 is 5.97 Å². The van der Waals surface area contributed by atoms with Gasteiger partial charge in [-0.1, -0.05) is 30.3 Å². The lowest BCUT2D eigenvalue weighted by Gasteiger charge is -2.29. The van der Waals surface area contributed by atoms with Crippen molar-refractivity contribution < 1.29 is 18.7 Å². The van der Waals surface area contributed by atoms with Crippen LogP contribution in [0.3, 0.4) is 0 Å². The predicted molar refractivity (Wildman–Crippen MR) is 82.5 cm³/mol. The lowest BCUT2D eigenvalue weighted by molar-refractivity contribution is -0.00612. The van der Waals surface area contributed by atoms with E-state index in [1.165, 1.54) is 6.26 Å². The van der Waals surface area contributed by atoms with Crippen LogP contribution < -0.4 is 0 Å². The van der Waals surface area contributed by atoms with Crippen molar-refractivity contribution in [3.8, 4) is 17.2 Å². The van der Waals surface area contributed by atoms with Crippen molar-refractivity contribution in [3.05, 3.63) is 48.4 Å². The smallest absolute Gasteiger partial charge is 0.374 e. The largest absolute Gasteiger partial charge is 0.458 e. The monoisotopic (exact) mass is 311 g/mol. The molecular formula is C18H17NO4. The van der Waals surface area contributed by atoms with E-state index in [9.17, 15) is 10.1 Å². The van der Waals surface area contributed by atoms with Gasteiger partial charge < -0.3 is 13.9 Å². The van der Waals surface area contributed by atoms with Gasteiger partial charge >= 0.3 is 5.97 Å². The Labute approximate surface area is 134 Å². The van der Waals surface area contributed by atoms with Crippen molar-refractivity contribution in [2.24, 2.45) is 5.41 Å². The lowest BCUT2D eigenvalue weighted by Crippen LogP contribution is -2.33. The molecule has 0 aliphatic carbocycles. The van der Waals surface area contributed by atoms with Gasteiger partial charge in [-0.2, -0.15) is 5.26 Å². The summed E-state index contributed by atoms with van der Waals surface area (Å²) in [5, 5.41) is 9.40. The van der Waals surface area contributed by atoms with Gasteiger partial charge in [-0.3, -0.25) is 0 Å². The summed E-state index contributed by atoms with van der Waals surface area (Å²) in [6, 6.07) is 13.5. The minimum atomic E-state index is -0.659. The van der Waals surface area contributed by atoms with E-state index in [1.807, 2.05) is 30.3 Å². The fourth-order valence-electron chi connectivity index (χ4n) is 2.63. The average Bonchev–Trinajstić information content (AvgIpc) is 3.11. The van der Waals surface area contributed by atoms with Crippen LogP contribution in [-0.4, -0.2) is 25.8 Å². The second kappa shape index (κ2) is 6.67. The third-order valence-corrected chi connectivity index (χ3v) is 4.10. The summed E-state index contributed by atoms with van der Waals surface area (Å²) in [4.78, 5) is 12.3. The number of furan rings is 1. The van der Waals surface area contributed by atoms with E-state index >= 15 is 0 Å². The molecule has 23 heavy (non-hydrogen) atoms. The number of carbonyl (C=O) groups is 1. The molecule has 1 aliphatic heterocycles. The van der Waals surface area contributed by atoms with Crippen molar-refractivity contribution in [2.75, 3.05) is 19.8 Å². The van der Waals surface area contributed by atoms with Crippen LogP contribution in [0.1, 0.15) is 23.4 Å². The highest BCUT2D eigenvalue weighted by molar-refractivity contribution is 5.94. The molecule has 1 fully saturated rings. The van der Waals surface area contributed by atoms with Crippen LogP contribution in [-0.2, 0) is 9.47 Å². The number of hydrogen-bond acceptors (Lipinski definition) is 5. The molecule has 1 aliphatic rings. The molecule has 5 heteroatoms. The number of hydrogen-bond donors (Lipinski definition) is 0. The maximum absolute atomic E-state index is 12.3. The van der Waals surface area contributed by atoms with Crippen LogP contribution in [0.2, 0.25) is 0 Å². The summed E-state index contributed by atoms with van der Waals surface area (Å²) < 4.78 is 15.9. The summed E-state index contributed by atoms with van der Waals surface area (Å²) in [5.41, 5.74) is 0.913. The highest BCUT2D eigenvalue weighted by Gasteiger charge is 2.35. The van der Waals surface area contributed by atoms with Gasteiger partial charge in [0.1, 0.15) is 6.61 Å². The first-order valence-electron chi connectivity index (χ1n) is 7.53. The summed E-state index contributed by atoms with van der Waals surface area (Å²) in [7, 11) is 0. The molecule has 1 aromatic heterocycles. The Bertz CT molecular complexity index is 708. The van der Waals surface area contributed by atoms with Crippen LogP contribution in [0.4, 0.5) is 0 Å². The molecule has 0 atom stereocenters. The van der Waals surface area contributed by atoms with Gasteiger partial charge in [0, 0.05) is 18.8 Å². The molecule has 0 unspecified atom stereocenters. The summed E-state index contributed by atoms with van der Waals surface area (Å²) >= 11 is 0. The van der Waals surface area contributed by atoms with Gasteiger partial charge in [0.15, 0.2) is 0 Å². The quantitative estimate of drug-likeness (QED) is 0.809. The Morgan fingerprint density at radius 3 is 2.65 bits per heavy atom. The van der Waals surface area contributed by atoms with Crippen LogP contribution in [0.5, 0.6) is 0 Å². The fourth-order valence-corrected chi connectivity index (χ4v) is 2.63. The summed E-state index contributed by atoms with van der Waals surface area (Å²) in [5.74, 6) is -0.383. The van der Waals surface area contributed by atoms with E-state index in [0.717, 1.165) is 5.56 Å². The molecule has 0 radical (unpaired) electrons. The summed E-state index contributed by atoms with van der Waals surface area (Å²) in [6.07, 6.45) is 2.61. The molecule has 1 aromatic carbocycles. The Kier molecular flexibility index (Phi) is 4.45. The van der Waals surface area contributed by atoms with Crippen molar-refractivity contribution in [2.45, 2.75) is 12.8 Å². The van der Waals surface area contributed by atoms with Gasteiger partial charge in [-0.05, 0) is 24.5 Å². The lowest BCUT2D eigenvalue weighted by atomic mass is 9.83. The maximum atomic E-state index is 12.3. The highest BCUT2D eigenvalue weighted by Crippen LogP contribution is 2.31. The Morgan fingerprint density at radius 2 is 1.96 bits per heavy atom. The predicted octanol–water partition coefficient (Wildman–Crippen LogP) is 3.42. The molecule has 2 heterocycles. The van der Waals surface area contributed by atoms with Gasteiger partial charge in [-0.25, -0.2) is 4.79 Å². The third kappa shape index (κ3) is 3.27. The highest BCUT2D eigenvalue weighted by atomic mass is 16.5. The number of benzene rings is 1. The molecule has 3 rings (SSSR count). The first-order valence-corrected chi connectivity index (χ1v) is 7.53. The van der Waals surface area contributed by atoms with Gasteiger partial charge in [0.05, 0.1) is 17.7 Å². The van der Waals surface area contributed by atoms with Crippen LogP contribution in [0, 0.1) is 16.7 Å². The Morgan fingerprint density at radius 1 is 1.22 bits per heavy atom. The number of carbonyl (C=O) groups excluding carboxylic acids is 1. The zero-order chi connectivity index (χ0) is 16.1. The number of esters is 1. The number of ether oxygens (including phenoxy) is 2. The third-order valence-electron chi connectivity index (χ3n) is 4.10. The Balaban J connectivity index is 1.72. The van der Waals surface area contributed by atoms with Crippen LogP contribution in [0.25, 0.3) is 11.1 Å². The zero-order valence-corrected chi connectivity index (χ0v) is 12.7. The van der Waals surface area contributed by atoms with Gasteiger partial charge in [0.2, 0.25) is 5.76 Å². The molecule has 1 saturated heterocycles. The molecule has 0 bridgehead atoms. The van der Waals surface area contributed by atoms with E-state index in [2.05, 4.69) is 6.07 Å². The minimum absolute atomic E-state index is 0.0562. The maximum Gasteiger partial charge on any atom is 0.374 e. The second-order valence-corrected chi connectivity index (χ2v) is 5.61. The fraction of sp³-hybridized carbons (Fsp3) is 0.333. The van der Waals surface area contributed by atoms with E-state index in [0.29, 0.717) is 31.6 Å². The molecule has 2 aromatic rings. The standard InChI is InChI=1S/C18H17NO4/c19-12-18(7-10-21-11-8-18)13-23-17(20)16-15(6-9-22-16)14-4-2-1-3-5-14/h1-6,9H,7-8,10-11,13H2. The molecule has 118 valence electrons. The first-order chi connectivity index (χ1) is 11.2. The summed E-state index contributed by atoms with van der Waals surface area (Å²) in [6.45, 7) is 1.09. The van der Waals surface area contributed by atoms with Crippen LogP contribution in [0.15, 0.2) is 47.1 Å². The molecule has 0 saturated carbocycles. The van der Waals surface area contributed by atoms with Crippen LogP contribution >= 0.6 is 0 Å². The molecule has 5 nitrogen and oxygen atoms in total. The van der Waals surface area contributed by atoms with Crippen molar-refractivity contribution in [3.63, 3.8) is 0 Å². The second-order valence-electron chi connectivity index (χ2n) is 5.61. The average molecular weight is 311 g/mol.